The molecule has 0 spiro atoms. The van der Waals surface area contributed by atoms with Crippen LogP contribution in [-0.4, -0.2) is 32.8 Å². The number of anilines is 1. The highest BCUT2D eigenvalue weighted by Gasteiger charge is 2.42. The first-order valence-corrected chi connectivity index (χ1v) is 7.39. The van der Waals surface area contributed by atoms with Crippen molar-refractivity contribution in [2.75, 3.05) is 32.6 Å². The second kappa shape index (κ2) is 6.80. The van der Waals surface area contributed by atoms with Crippen LogP contribution in [-0.2, 0) is 4.74 Å². The molecule has 116 valence electrons. The van der Waals surface area contributed by atoms with Gasteiger partial charge in [-0.15, -0.1) is 0 Å². The van der Waals surface area contributed by atoms with Crippen LogP contribution >= 0.6 is 0 Å². The molecular formula is C16H24N2O3. The van der Waals surface area contributed by atoms with Crippen LogP contribution in [0.3, 0.4) is 0 Å². The maximum atomic E-state index is 12.2. The van der Waals surface area contributed by atoms with Crippen LogP contribution in [0.1, 0.15) is 36.5 Å². The van der Waals surface area contributed by atoms with Gasteiger partial charge in [0.2, 0.25) is 0 Å². The van der Waals surface area contributed by atoms with Gasteiger partial charge in [0, 0.05) is 37.6 Å². The van der Waals surface area contributed by atoms with Crippen LogP contribution in [0.15, 0.2) is 18.2 Å². The topological polar surface area (TPSA) is 73.6 Å². The van der Waals surface area contributed by atoms with Crippen molar-refractivity contribution in [3.05, 3.63) is 23.8 Å². The Bertz CT molecular complexity index is 498. The van der Waals surface area contributed by atoms with Crippen molar-refractivity contribution in [2.24, 2.45) is 5.41 Å². The summed E-state index contributed by atoms with van der Waals surface area (Å²) in [5.74, 6) is 0.523. The summed E-state index contributed by atoms with van der Waals surface area (Å²) >= 11 is 0. The monoisotopic (exact) mass is 292 g/mol. The SMILES string of the molecule is CCOc1cc(N)cc(C(=O)NCC2(CCOC)CC2)c1. The lowest BCUT2D eigenvalue weighted by Gasteiger charge is -2.16. The molecule has 1 saturated carbocycles. The minimum absolute atomic E-state index is 0.105. The van der Waals surface area contributed by atoms with E-state index in [1.54, 1.807) is 25.3 Å². The van der Waals surface area contributed by atoms with E-state index in [0.717, 1.165) is 25.9 Å². The lowest BCUT2D eigenvalue weighted by Crippen LogP contribution is -2.30. The summed E-state index contributed by atoms with van der Waals surface area (Å²) in [5.41, 5.74) is 7.12. The summed E-state index contributed by atoms with van der Waals surface area (Å²) in [6, 6.07) is 5.12. The third kappa shape index (κ3) is 4.36. The summed E-state index contributed by atoms with van der Waals surface area (Å²) in [6.45, 7) is 3.87. The molecule has 2 rings (SSSR count). The normalized spacial score (nSPS) is 15.5. The number of carbonyl (C=O) groups excluding carboxylic acids is 1. The number of carbonyl (C=O) groups is 1. The Morgan fingerprint density at radius 2 is 2.14 bits per heavy atom. The number of ether oxygens (including phenoxy) is 2. The molecule has 1 aliphatic carbocycles. The van der Waals surface area contributed by atoms with Crippen molar-refractivity contribution in [3.8, 4) is 5.75 Å². The minimum Gasteiger partial charge on any atom is -0.494 e. The van der Waals surface area contributed by atoms with Gasteiger partial charge in [-0.25, -0.2) is 0 Å². The van der Waals surface area contributed by atoms with E-state index in [0.29, 0.717) is 30.2 Å². The van der Waals surface area contributed by atoms with Gasteiger partial charge in [-0.3, -0.25) is 4.79 Å². The molecule has 1 fully saturated rings. The molecule has 5 heteroatoms. The van der Waals surface area contributed by atoms with E-state index in [4.69, 9.17) is 15.2 Å². The maximum Gasteiger partial charge on any atom is 0.251 e. The molecule has 1 aliphatic rings. The van der Waals surface area contributed by atoms with Crippen LogP contribution in [0.25, 0.3) is 0 Å². The van der Waals surface area contributed by atoms with Crippen LogP contribution < -0.4 is 15.8 Å². The first kappa shape index (κ1) is 15.6. The Balaban J connectivity index is 1.94. The van der Waals surface area contributed by atoms with E-state index in [1.807, 2.05) is 6.92 Å². The standard InChI is InChI=1S/C16H24N2O3/c1-3-21-14-9-12(8-13(17)10-14)15(19)18-11-16(4-5-16)6-7-20-2/h8-10H,3-7,11,17H2,1-2H3,(H,18,19). The summed E-state index contributed by atoms with van der Waals surface area (Å²) in [7, 11) is 1.71. The predicted octanol–water partition coefficient (Wildman–Crippen LogP) is 2.21. The number of methoxy groups -OCH3 is 1. The number of hydrogen-bond donors (Lipinski definition) is 2. The predicted molar refractivity (Wildman–Crippen MR) is 82.5 cm³/mol. The van der Waals surface area contributed by atoms with E-state index >= 15 is 0 Å². The fourth-order valence-corrected chi connectivity index (χ4v) is 2.38. The van der Waals surface area contributed by atoms with Crippen LogP contribution in [0, 0.1) is 5.41 Å². The van der Waals surface area contributed by atoms with Crippen molar-refractivity contribution in [3.63, 3.8) is 0 Å². The molecule has 0 aromatic heterocycles. The second-order valence-electron chi connectivity index (χ2n) is 5.65. The molecule has 5 nitrogen and oxygen atoms in total. The third-order valence-corrected chi connectivity index (χ3v) is 3.92. The molecule has 0 unspecified atom stereocenters. The van der Waals surface area contributed by atoms with Gasteiger partial charge in [-0.2, -0.15) is 0 Å². The van der Waals surface area contributed by atoms with Gasteiger partial charge >= 0.3 is 0 Å². The van der Waals surface area contributed by atoms with Crippen molar-refractivity contribution in [1.29, 1.82) is 0 Å². The third-order valence-electron chi connectivity index (χ3n) is 3.92. The second-order valence-corrected chi connectivity index (χ2v) is 5.65. The average Bonchev–Trinajstić information content (AvgIpc) is 3.23. The molecule has 21 heavy (non-hydrogen) atoms. The van der Waals surface area contributed by atoms with E-state index in [1.165, 1.54) is 0 Å². The molecule has 1 aromatic carbocycles. The Labute approximate surface area is 125 Å². The molecule has 1 aromatic rings. The maximum absolute atomic E-state index is 12.2. The quantitative estimate of drug-likeness (QED) is 0.721. The Kier molecular flexibility index (Phi) is 5.07. The van der Waals surface area contributed by atoms with Crippen molar-refractivity contribution in [2.45, 2.75) is 26.2 Å². The first-order valence-electron chi connectivity index (χ1n) is 7.39. The summed E-state index contributed by atoms with van der Waals surface area (Å²) in [6.07, 6.45) is 3.29. The summed E-state index contributed by atoms with van der Waals surface area (Å²) in [5, 5.41) is 3.00. The molecule has 1 amide bonds. The largest absolute Gasteiger partial charge is 0.494 e. The summed E-state index contributed by atoms with van der Waals surface area (Å²) in [4.78, 5) is 12.2. The molecule has 3 N–H and O–H groups in total. The molecule has 0 saturated heterocycles. The van der Waals surface area contributed by atoms with Gasteiger partial charge in [0.05, 0.1) is 6.61 Å². The highest BCUT2D eigenvalue weighted by atomic mass is 16.5. The number of amides is 1. The van der Waals surface area contributed by atoms with Crippen LogP contribution in [0.2, 0.25) is 0 Å². The number of nitrogen functional groups attached to an aromatic ring is 1. The minimum atomic E-state index is -0.105. The van der Waals surface area contributed by atoms with Gasteiger partial charge in [0.25, 0.3) is 5.91 Å². The van der Waals surface area contributed by atoms with Crippen molar-refractivity contribution >= 4 is 11.6 Å². The van der Waals surface area contributed by atoms with E-state index in [2.05, 4.69) is 5.32 Å². The average molecular weight is 292 g/mol. The van der Waals surface area contributed by atoms with Gasteiger partial charge in [0.15, 0.2) is 0 Å². The fraction of sp³-hybridized carbons (Fsp3) is 0.562. The molecule has 0 bridgehead atoms. The fourth-order valence-electron chi connectivity index (χ4n) is 2.38. The Morgan fingerprint density at radius 1 is 1.38 bits per heavy atom. The van der Waals surface area contributed by atoms with Gasteiger partial charge in [-0.05, 0) is 43.7 Å². The smallest absolute Gasteiger partial charge is 0.251 e. The molecular weight excluding hydrogens is 268 g/mol. The van der Waals surface area contributed by atoms with E-state index in [-0.39, 0.29) is 11.3 Å². The van der Waals surface area contributed by atoms with Crippen LogP contribution in [0.5, 0.6) is 5.75 Å². The summed E-state index contributed by atoms with van der Waals surface area (Å²) < 4.78 is 10.5. The number of nitrogens with one attached hydrogen (secondary N) is 1. The molecule has 0 radical (unpaired) electrons. The zero-order valence-electron chi connectivity index (χ0n) is 12.8. The van der Waals surface area contributed by atoms with Crippen molar-refractivity contribution in [1.82, 2.24) is 5.32 Å². The molecule has 0 aliphatic heterocycles. The number of nitrogens with two attached hydrogens (primary N) is 1. The zero-order chi connectivity index (χ0) is 15.3. The van der Waals surface area contributed by atoms with Gasteiger partial charge in [0.1, 0.15) is 5.75 Å². The lowest BCUT2D eigenvalue weighted by atomic mass is 10.0. The Hall–Kier alpha value is -1.75. The van der Waals surface area contributed by atoms with Gasteiger partial charge in [-0.1, -0.05) is 0 Å². The first-order chi connectivity index (χ1) is 10.1. The van der Waals surface area contributed by atoms with E-state index in [9.17, 15) is 4.79 Å². The lowest BCUT2D eigenvalue weighted by molar-refractivity contribution is 0.0937. The van der Waals surface area contributed by atoms with E-state index < -0.39 is 0 Å². The van der Waals surface area contributed by atoms with Crippen LogP contribution in [0.4, 0.5) is 5.69 Å². The Morgan fingerprint density at radius 3 is 2.76 bits per heavy atom. The zero-order valence-corrected chi connectivity index (χ0v) is 12.8. The number of benzene rings is 1. The highest BCUT2D eigenvalue weighted by Crippen LogP contribution is 2.48. The highest BCUT2D eigenvalue weighted by molar-refractivity contribution is 5.95. The number of rotatable bonds is 8. The molecule has 0 atom stereocenters. The van der Waals surface area contributed by atoms with Gasteiger partial charge < -0.3 is 20.5 Å². The number of hydrogen-bond acceptors (Lipinski definition) is 4. The van der Waals surface area contributed by atoms with Crippen molar-refractivity contribution < 1.29 is 14.3 Å². The molecule has 0 heterocycles.